The van der Waals surface area contributed by atoms with Crippen LogP contribution >= 0.6 is 0 Å². The highest BCUT2D eigenvalue weighted by Gasteiger charge is 2.16. The van der Waals surface area contributed by atoms with E-state index in [1.54, 1.807) is 17.6 Å². The molecular formula is C10H10N2O2. The van der Waals surface area contributed by atoms with E-state index in [4.69, 9.17) is 4.74 Å². The zero-order valence-corrected chi connectivity index (χ0v) is 8.02. The molecule has 0 atom stereocenters. The molecule has 0 saturated heterocycles. The largest absolute Gasteiger partial charge is 0.465 e. The maximum Gasteiger partial charge on any atom is 0.341 e. The first kappa shape index (κ1) is 8.74. The summed E-state index contributed by atoms with van der Waals surface area (Å²) in [7, 11) is 1.37. The van der Waals surface area contributed by atoms with Crippen molar-refractivity contribution in [1.29, 1.82) is 0 Å². The number of aryl methyl sites for hydroxylation is 1. The lowest BCUT2D eigenvalue weighted by molar-refractivity contribution is 0.0602. The number of carbonyl (C=O) groups is 1. The maximum absolute atomic E-state index is 11.4. The summed E-state index contributed by atoms with van der Waals surface area (Å²) >= 11 is 0. The third kappa shape index (κ3) is 1.16. The molecule has 14 heavy (non-hydrogen) atoms. The van der Waals surface area contributed by atoms with Gasteiger partial charge in [-0.05, 0) is 19.1 Å². The molecule has 0 bridgehead atoms. The molecule has 2 aromatic heterocycles. The molecule has 0 spiro atoms. The van der Waals surface area contributed by atoms with Crippen LogP contribution in [0, 0.1) is 6.92 Å². The minimum absolute atomic E-state index is 0.344. The molecule has 72 valence electrons. The summed E-state index contributed by atoms with van der Waals surface area (Å²) in [5, 5.41) is 4.20. The zero-order valence-electron chi connectivity index (χ0n) is 8.02. The number of nitrogens with zero attached hydrogens (tertiary/aromatic N) is 2. The van der Waals surface area contributed by atoms with Gasteiger partial charge in [0, 0.05) is 6.20 Å². The summed E-state index contributed by atoms with van der Waals surface area (Å²) in [6, 6.07) is 5.57. The van der Waals surface area contributed by atoms with Crippen LogP contribution in [-0.4, -0.2) is 22.7 Å². The third-order valence-corrected chi connectivity index (χ3v) is 2.10. The fraction of sp³-hybridized carbons (Fsp3) is 0.200. The van der Waals surface area contributed by atoms with Gasteiger partial charge in [0.1, 0.15) is 5.56 Å². The molecule has 0 aromatic carbocycles. The van der Waals surface area contributed by atoms with E-state index in [0.717, 1.165) is 5.52 Å². The number of ether oxygens (including phenoxy) is 1. The molecule has 2 rings (SSSR count). The van der Waals surface area contributed by atoms with Gasteiger partial charge in [-0.3, -0.25) is 0 Å². The van der Waals surface area contributed by atoms with Gasteiger partial charge < -0.3 is 4.74 Å². The number of hydrogen-bond donors (Lipinski definition) is 0. The van der Waals surface area contributed by atoms with Crippen molar-refractivity contribution in [1.82, 2.24) is 9.61 Å². The average molecular weight is 190 g/mol. The number of pyridine rings is 1. The first-order chi connectivity index (χ1) is 6.74. The smallest absolute Gasteiger partial charge is 0.341 e. The second-order valence-electron chi connectivity index (χ2n) is 2.98. The lowest BCUT2D eigenvalue weighted by atomic mass is 10.2. The van der Waals surface area contributed by atoms with E-state index in [1.807, 2.05) is 18.2 Å². The monoisotopic (exact) mass is 190 g/mol. The predicted molar refractivity (Wildman–Crippen MR) is 51.3 cm³/mol. The van der Waals surface area contributed by atoms with E-state index < -0.39 is 0 Å². The first-order valence-corrected chi connectivity index (χ1v) is 4.26. The summed E-state index contributed by atoms with van der Waals surface area (Å²) in [6.45, 7) is 1.79. The molecule has 0 amide bonds. The molecule has 0 aliphatic rings. The Kier molecular flexibility index (Phi) is 1.96. The number of methoxy groups -OCH3 is 1. The number of carbonyl (C=O) groups excluding carboxylic acids is 1. The summed E-state index contributed by atoms with van der Waals surface area (Å²) < 4.78 is 6.36. The van der Waals surface area contributed by atoms with Crippen LogP contribution in [0.25, 0.3) is 5.52 Å². The molecule has 4 heteroatoms. The number of fused-ring (bicyclic) bond motifs is 1. The summed E-state index contributed by atoms with van der Waals surface area (Å²) in [5.74, 6) is -0.344. The first-order valence-electron chi connectivity index (χ1n) is 4.26. The maximum atomic E-state index is 11.4. The molecule has 0 N–H and O–H groups in total. The molecule has 0 saturated carbocycles. The van der Waals surface area contributed by atoms with E-state index >= 15 is 0 Å². The SMILES string of the molecule is COC(=O)c1c(C)nn2ccccc12. The molecule has 0 unspecified atom stereocenters. The van der Waals surface area contributed by atoms with Crippen molar-refractivity contribution >= 4 is 11.5 Å². The van der Waals surface area contributed by atoms with Gasteiger partial charge >= 0.3 is 5.97 Å². The van der Waals surface area contributed by atoms with Gasteiger partial charge in [-0.15, -0.1) is 0 Å². The number of hydrogen-bond acceptors (Lipinski definition) is 3. The third-order valence-electron chi connectivity index (χ3n) is 2.10. The van der Waals surface area contributed by atoms with E-state index in [-0.39, 0.29) is 5.97 Å². The quantitative estimate of drug-likeness (QED) is 0.639. The van der Waals surface area contributed by atoms with Crippen molar-refractivity contribution in [2.24, 2.45) is 0 Å². The van der Waals surface area contributed by atoms with Crippen LogP contribution in [0.2, 0.25) is 0 Å². The molecule has 0 aliphatic carbocycles. The Hall–Kier alpha value is -1.84. The van der Waals surface area contributed by atoms with Crippen LogP contribution in [0.15, 0.2) is 24.4 Å². The second kappa shape index (κ2) is 3.14. The summed E-state index contributed by atoms with van der Waals surface area (Å²) in [4.78, 5) is 11.4. The highest BCUT2D eigenvalue weighted by atomic mass is 16.5. The lowest BCUT2D eigenvalue weighted by Gasteiger charge is -1.96. The van der Waals surface area contributed by atoms with Crippen LogP contribution in [0.1, 0.15) is 16.1 Å². The van der Waals surface area contributed by atoms with Crippen molar-refractivity contribution in [3.05, 3.63) is 35.7 Å². The minimum atomic E-state index is -0.344. The molecule has 2 heterocycles. The number of rotatable bonds is 1. The van der Waals surface area contributed by atoms with Crippen molar-refractivity contribution in [3.63, 3.8) is 0 Å². The van der Waals surface area contributed by atoms with Gasteiger partial charge in [-0.2, -0.15) is 5.10 Å². The van der Waals surface area contributed by atoms with E-state index in [2.05, 4.69) is 5.10 Å². The Morgan fingerprint density at radius 3 is 3.00 bits per heavy atom. The molecule has 0 radical (unpaired) electrons. The van der Waals surface area contributed by atoms with Gasteiger partial charge in [0.15, 0.2) is 0 Å². The topological polar surface area (TPSA) is 43.6 Å². The highest BCUT2D eigenvalue weighted by molar-refractivity contribution is 5.98. The fourth-order valence-corrected chi connectivity index (χ4v) is 1.47. The zero-order chi connectivity index (χ0) is 10.1. The lowest BCUT2D eigenvalue weighted by Crippen LogP contribution is -2.02. The normalized spacial score (nSPS) is 10.4. The summed E-state index contributed by atoms with van der Waals surface area (Å²) in [6.07, 6.45) is 1.80. The molecule has 0 aliphatic heterocycles. The highest BCUT2D eigenvalue weighted by Crippen LogP contribution is 2.15. The van der Waals surface area contributed by atoms with Gasteiger partial charge in [0.2, 0.25) is 0 Å². The Bertz CT molecular complexity index is 488. The van der Waals surface area contributed by atoms with Crippen molar-refractivity contribution < 1.29 is 9.53 Å². The Morgan fingerprint density at radius 2 is 2.29 bits per heavy atom. The Morgan fingerprint density at radius 1 is 1.50 bits per heavy atom. The van der Waals surface area contributed by atoms with E-state index in [9.17, 15) is 4.79 Å². The minimum Gasteiger partial charge on any atom is -0.465 e. The Labute approximate surface area is 81.1 Å². The molecular weight excluding hydrogens is 180 g/mol. The average Bonchev–Trinajstić information content (AvgIpc) is 2.53. The fourth-order valence-electron chi connectivity index (χ4n) is 1.47. The number of aromatic nitrogens is 2. The molecule has 2 aromatic rings. The van der Waals surface area contributed by atoms with Crippen LogP contribution in [0.3, 0.4) is 0 Å². The van der Waals surface area contributed by atoms with Crippen LogP contribution in [0.4, 0.5) is 0 Å². The standard InChI is InChI=1S/C10H10N2O2/c1-7-9(10(13)14-2)8-5-3-4-6-12(8)11-7/h3-6H,1-2H3. The van der Waals surface area contributed by atoms with Crippen LogP contribution in [-0.2, 0) is 4.74 Å². The molecule has 4 nitrogen and oxygen atoms in total. The molecule has 0 fully saturated rings. The van der Waals surface area contributed by atoms with Crippen molar-refractivity contribution in [3.8, 4) is 0 Å². The van der Waals surface area contributed by atoms with Gasteiger partial charge in [-0.25, -0.2) is 9.31 Å². The van der Waals surface area contributed by atoms with Gasteiger partial charge in [0.05, 0.1) is 18.3 Å². The van der Waals surface area contributed by atoms with E-state index in [0.29, 0.717) is 11.3 Å². The summed E-state index contributed by atoms with van der Waals surface area (Å²) in [5.41, 5.74) is 1.99. The van der Waals surface area contributed by atoms with Crippen LogP contribution in [0.5, 0.6) is 0 Å². The van der Waals surface area contributed by atoms with Crippen molar-refractivity contribution in [2.45, 2.75) is 6.92 Å². The Balaban J connectivity index is 2.74. The second-order valence-corrected chi connectivity index (χ2v) is 2.98. The predicted octanol–water partition coefficient (Wildman–Crippen LogP) is 1.43. The van der Waals surface area contributed by atoms with Gasteiger partial charge in [-0.1, -0.05) is 6.07 Å². The van der Waals surface area contributed by atoms with Crippen molar-refractivity contribution in [2.75, 3.05) is 7.11 Å². The van der Waals surface area contributed by atoms with Gasteiger partial charge in [0.25, 0.3) is 0 Å². The van der Waals surface area contributed by atoms with E-state index in [1.165, 1.54) is 7.11 Å². The van der Waals surface area contributed by atoms with Crippen LogP contribution < -0.4 is 0 Å². The number of esters is 1.